The Morgan fingerprint density at radius 2 is 1.51 bits per heavy atom. The number of piperidine rings is 1. The lowest BCUT2D eigenvalue weighted by molar-refractivity contribution is -0.383. The number of aromatic nitrogens is 1. The third kappa shape index (κ3) is 11.5. The van der Waals surface area contributed by atoms with E-state index in [4.69, 9.17) is 16.1 Å². The van der Waals surface area contributed by atoms with E-state index >= 15 is 0 Å². The number of carbonyl (C=O) groups is 1. The molecule has 4 heterocycles. The van der Waals surface area contributed by atoms with Crippen LogP contribution in [0.2, 0.25) is 5.02 Å². The Bertz CT molecular complexity index is 3150. The number of anilines is 4. The summed E-state index contributed by atoms with van der Waals surface area (Å²) < 4.78 is 51.9. The summed E-state index contributed by atoms with van der Waals surface area (Å²) in [5.74, 6) is -0.440. The van der Waals surface area contributed by atoms with Crippen LogP contribution in [0.15, 0.2) is 131 Å². The Labute approximate surface area is 443 Å². The molecule has 6 aromatic rings. The number of halogens is 1. The standard InChI is InChI=1S/C55H63ClN7O8PS2/c1-38(2)62-39(3)54(74(4,69)70)52(53(62)40-13-15-43(56)16-14-40)42-9-8-10-47(35-42)60-31-29-59(30-32-60)45-17-19-46(20-18-45)61-33-34-71-72(61,68)48-21-22-50(51(36-48)63(66)67)57-44(37-73-49-11-6-5-7-12-49)25-28-58-26-23-41(24-27-58)55(64)65/h5-22,35-36,38,41,44,57H,23-34,37H2,1-4H3,(H,64,65)/t44-,72+/m0/s1. The molecule has 3 aliphatic heterocycles. The molecule has 0 spiro atoms. The number of sulfone groups is 1. The number of carboxylic acid groups (broad SMARTS) is 1. The van der Waals surface area contributed by atoms with Gasteiger partial charge in [0.2, 0.25) is 0 Å². The monoisotopic (exact) mass is 1080 g/mol. The molecule has 3 aliphatic rings. The van der Waals surface area contributed by atoms with Crippen molar-refractivity contribution in [2.45, 2.75) is 61.9 Å². The van der Waals surface area contributed by atoms with Gasteiger partial charge in [0.1, 0.15) is 5.69 Å². The fourth-order valence-corrected chi connectivity index (χ4v) is 15.2. The highest BCUT2D eigenvalue weighted by atomic mass is 35.5. The molecule has 15 nitrogen and oxygen atoms in total. The van der Waals surface area contributed by atoms with Gasteiger partial charge in [0.05, 0.1) is 39.9 Å². The molecule has 0 unspecified atom stereocenters. The van der Waals surface area contributed by atoms with E-state index in [2.05, 4.69) is 50.6 Å². The Hall–Kier alpha value is -5.81. The van der Waals surface area contributed by atoms with Gasteiger partial charge >= 0.3 is 13.5 Å². The van der Waals surface area contributed by atoms with Crippen molar-refractivity contribution in [1.29, 1.82) is 0 Å². The number of nitro groups is 1. The number of nitro benzene ring substituents is 1. The van der Waals surface area contributed by atoms with Crippen LogP contribution in [-0.4, -0.2) is 111 Å². The Balaban J connectivity index is 0.887. The molecule has 1 aromatic heterocycles. The second kappa shape index (κ2) is 22.6. The molecule has 0 amide bonds. The summed E-state index contributed by atoms with van der Waals surface area (Å²) in [4.78, 5) is 32.1. The lowest BCUT2D eigenvalue weighted by Crippen LogP contribution is -2.46. The Morgan fingerprint density at radius 1 is 0.851 bits per heavy atom. The first-order valence-corrected chi connectivity index (χ1v) is 29.9. The second-order valence-corrected chi connectivity index (χ2v) is 25.3. The minimum Gasteiger partial charge on any atom is -0.481 e. The third-order valence-electron chi connectivity index (χ3n) is 14.4. The lowest BCUT2D eigenvalue weighted by atomic mass is 9.97. The van der Waals surface area contributed by atoms with Crippen LogP contribution in [-0.2, 0) is 23.7 Å². The van der Waals surface area contributed by atoms with Crippen molar-refractivity contribution >= 4 is 80.4 Å². The topological polar surface area (TPSA) is 171 Å². The number of nitrogens with zero attached hydrogens (tertiary/aromatic N) is 6. The molecule has 3 saturated heterocycles. The fourth-order valence-electron chi connectivity index (χ4n) is 10.6. The van der Waals surface area contributed by atoms with Crippen molar-refractivity contribution in [2.75, 3.05) is 90.8 Å². The maximum Gasteiger partial charge on any atom is 0.326 e. The van der Waals surface area contributed by atoms with Crippen LogP contribution >= 0.6 is 30.9 Å². The summed E-state index contributed by atoms with van der Waals surface area (Å²) in [7, 11) is -7.37. The largest absolute Gasteiger partial charge is 0.481 e. The summed E-state index contributed by atoms with van der Waals surface area (Å²) in [5, 5.41) is 26.5. The van der Waals surface area contributed by atoms with Crippen LogP contribution in [0, 0.1) is 23.0 Å². The van der Waals surface area contributed by atoms with Crippen molar-refractivity contribution in [3.05, 3.63) is 142 Å². The fraction of sp³-hybridized carbons (Fsp3) is 0.364. The molecule has 19 heteroatoms. The molecular formula is C55H63ClN7O8PS2. The summed E-state index contributed by atoms with van der Waals surface area (Å²) in [6, 6.07) is 38.1. The number of benzene rings is 5. The zero-order valence-corrected chi connectivity index (χ0v) is 45.4. The second-order valence-electron chi connectivity index (χ2n) is 19.6. The highest BCUT2D eigenvalue weighted by Gasteiger charge is 2.41. The van der Waals surface area contributed by atoms with Crippen LogP contribution in [0.5, 0.6) is 0 Å². The van der Waals surface area contributed by atoms with Gasteiger partial charge in [-0.05, 0) is 137 Å². The SMILES string of the molecule is Cc1c(S(C)(=O)=O)c(-c2cccc(N3CCN(c4ccc(N5CCO[P@]5(=O)c5ccc(N[C@@H](CCN6CCC(C(=O)O)CC6)CSc6ccccc6)c([N+](=O)[O-])c5)cc4)CC3)c2)c(-c2ccc(Cl)cc2)n1C(C)C. The quantitative estimate of drug-likeness (QED) is 0.0361. The van der Waals surface area contributed by atoms with Gasteiger partial charge in [-0.2, -0.15) is 0 Å². The predicted molar refractivity (Wildman–Crippen MR) is 299 cm³/mol. The molecule has 9 rings (SSSR count). The molecule has 0 saturated carbocycles. The van der Waals surface area contributed by atoms with Crippen LogP contribution in [0.3, 0.4) is 0 Å². The van der Waals surface area contributed by atoms with Gasteiger partial charge in [0, 0.05) is 101 Å². The van der Waals surface area contributed by atoms with Crippen LogP contribution in [0.1, 0.15) is 44.8 Å². The Morgan fingerprint density at radius 3 is 2.15 bits per heavy atom. The average Bonchev–Trinajstić information content (AvgIpc) is 3.96. The van der Waals surface area contributed by atoms with Crippen LogP contribution in [0.4, 0.5) is 28.4 Å². The van der Waals surface area contributed by atoms with Crippen molar-refractivity contribution < 1.29 is 32.3 Å². The minimum atomic E-state index is -3.74. The van der Waals surface area contributed by atoms with Crippen LogP contribution in [0.25, 0.3) is 22.4 Å². The maximum absolute atomic E-state index is 14.9. The van der Waals surface area contributed by atoms with Crippen LogP contribution < -0.4 is 25.1 Å². The molecule has 2 N–H and O–H groups in total. The number of aliphatic carboxylic acids is 1. The zero-order valence-electron chi connectivity index (χ0n) is 42.1. The van der Waals surface area contributed by atoms with E-state index in [-0.39, 0.29) is 35.6 Å². The van der Waals surface area contributed by atoms with Gasteiger partial charge in [-0.3, -0.25) is 24.1 Å². The summed E-state index contributed by atoms with van der Waals surface area (Å²) >= 11 is 7.97. The molecule has 5 aromatic carbocycles. The number of rotatable bonds is 18. The normalized spacial score (nSPS) is 18.3. The van der Waals surface area contributed by atoms with Crippen molar-refractivity contribution in [1.82, 2.24) is 9.47 Å². The molecular weight excluding hydrogens is 1020 g/mol. The Kier molecular flexibility index (Phi) is 16.2. The zero-order chi connectivity index (χ0) is 52.3. The van der Waals surface area contributed by atoms with Crippen molar-refractivity contribution in [3.63, 3.8) is 0 Å². The molecule has 390 valence electrons. The first kappa shape index (κ1) is 53.0. The molecule has 3 fully saturated rings. The lowest BCUT2D eigenvalue weighted by Gasteiger charge is -2.37. The number of nitrogens with one attached hydrogen (secondary N) is 1. The number of carboxylic acids is 1. The molecule has 2 atom stereocenters. The van der Waals surface area contributed by atoms with E-state index in [9.17, 15) is 33.0 Å². The smallest absolute Gasteiger partial charge is 0.326 e. The van der Waals surface area contributed by atoms with E-state index in [0.29, 0.717) is 83.7 Å². The van der Waals surface area contributed by atoms with Gasteiger partial charge in [-0.25, -0.2) is 8.42 Å². The molecule has 0 radical (unpaired) electrons. The average molecular weight is 1080 g/mol. The van der Waals surface area contributed by atoms with Gasteiger partial charge in [0.25, 0.3) is 5.69 Å². The predicted octanol–water partition coefficient (Wildman–Crippen LogP) is 11.1. The van der Waals surface area contributed by atoms with Gasteiger partial charge in [0.15, 0.2) is 9.84 Å². The molecule has 0 bridgehead atoms. The number of piperazine rings is 1. The molecule has 0 aliphatic carbocycles. The van der Waals surface area contributed by atoms with E-state index in [0.717, 1.165) is 59.3 Å². The summed E-state index contributed by atoms with van der Waals surface area (Å²) in [5.41, 5.74) is 6.74. The van der Waals surface area contributed by atoms with Crippen molar-refractivity contribution in [2.24, 2.45) is 5.92 Å². The first-order valence-electron chi connectivity index (χ1n) is 25.1. The van der Waals surface area contributed by atoms with E-state index in [1.54, 1.807) is 28.6 Å². The van der Waals surface area contributed by atoms with E-state index in [1.807, 2.05) is 97.9 Å². The maximum atomic E-state index is 14.9. The highest BCUT2D eigenvalue weighted by Crippen LogP contribution is 2.56. The first-order chi connectivity index (χ1) is 35.5. The third-order valence-corrected chi connectivity index (χ3v) is 19.6. The number of hydrogen-bond donors (Lipinski definition) is 2. The van der Waals surface area contributed by atoms with E-state index < -0.39 is 28.2 Å². The van der Waals surface area contributed by atoms with Gasteiger partial charge in [-0.1, -0.05) is 54.1 Å². The van der Waals surface area contributed by atoms with Crippen molar-refractivity contribution in [3.8, 4) is 22.4 Å². The number of likely N-dealkylation sites (tertiary alicyclic amines) is 1. The number of hydrogen-bond acceptors (Lipinski definition) is 12. The summed E-state index contributed by atoms with van der Waals surface area (Å²) in [6.45, 7) is 11.5. The molecule has 74 heavy (non-hydrogen) atoms. The van der Waals surface area contributed by atoms with Gasteiger partial charge < -0.3 is 34.2 Å². The summed E-state index contributed by atoms with van der Waals surface area (Å²) in [6.07, 6.45) is 3.15. The van der Waals surface area contributed by atoms with E-state index in [1.165, 1.54) is 12.3 Å². The minimum absolute atomic E-state index is 0.00602. The van der Waals surface area contributed by atoms with Gasteiger partial charge in [-0.15, -0.1) is 11.8 Å². The number of thioether (sulfide) groups is 1. The highest BCUT2D eigenvalue weighted by molar-refractivity contribution is 7.99.